The van der Waals surface area contributed by atoms with Crippen LogP contribution in [0.25, 0.3) is 0 Å². The summed E-state index contributed by atoms with van der Waals surface area (Å²) in [6, 6.07) is 4.83. The first-order chi connectivity index (χ1) is 16.4. The number of rotatable bonds is 7. The molecule has 1 amide bonds. The monoisotopic (exact) mass is 597 g/mol. The third-order valence-electron chi connectivity index (χ3n) is 5.45. The molecule has 1 saturated carbocycles. The van der Waals surface area contributed by atoms with Crippen LogP contribution in [-0.4, -0.2) is 22.2 Å². The Morgan fingerprint density at radius 1 is 1.00 bits per heavy atom. The third-order valence-corrected chi connectivity index (χ3v) is 7.09. The number of carbonyl (C=O) groups is 2. The first-order valence-corrected chi connectivity index (χ1v) is 11.6. The van der Waals surface area contributed by atoms with Gasteiger partial charge in [-0.1, -0.05) is 29.3 Å². The van der Waals surface area contributed by atoms with E-state index in [-0.39, 0.29) is 5.02 Å². The van der Waals surface area contributed by atoms with E-state index in [1.54, 1.807) is 0 Å². The molecule has 2 atom stereocenters. The molecule has 0 radical (unpaired) electrons. The summed E-state index contributed by atoms with van der Waals surface area (Å²) in [5.74, 6) is -4.78. The molecule has 0 saturated heterocycles. The Kier molecular flexibility index (Phi) is 8.16. The van der Waals surface area contributed by atoms with Crippen LogP contribution >= 0.6 is 46.4 Å². The largest absolute Gasteiger partial charge is 0.417 e. The highest BCUT2D eigenvalue weighted by molar-refractivity contribution is 6.53. The van der Waals surface area contributed by atoms with Crippen molar-refractivity contribution in [1.82, 2.24) is 0 Å². The van der Waals surface area contributed by atoms with Crippen molar-refractivity contribution in [2.24, 2.45) is 5.92 Å². The fourth-order valence-corrected chi connectivity index (χ4v) is 5.02. The summed E-state index contributed by atoms with van der Waals surface area (Å²) in [5.41, 5.74) is -2.37. The molecule has 36 heavy (non-hydrogen) atoms. The predicted octanol–water partition coefficient (Wildman–Crippen LogP) is 8.59. The van der Waals surface area contributed by atoms with Gasteiger partial charge < -0.3 is 5.32 Å². The number of anilines is 1. The fraction of sp³-hybridized carbons (Fsp3) is 0.364. The van der Waals surface area contributed by atoms with Crippen LogP contribution in [0.5, 0.6) is 0 Å². The van der Waals surface area contributed by atoms with E-state index in [1.165, 1.54) is 12.1 Å². The van der Waals surface area contributed by atoms with E-state index in [0.717, 1.165) is 12.1 Å². The maximum Gasteiger partial charge on any atom is 0.417 e. The predicted molar refractivity (Wildman–Crippen MR) is 121 cm³/mol. The third kappa shape index (κ3) is 6.38. The average Bonchev–Trinajstić information content (AvgIpc) is 3.31. The number of carbonyl (C=O) groups excluding carboxylic acids is 2. The van der Waals surface area contributed by atoms with E-state index < -0.39 is 87.1 Å². The van der Waals surface area contributed by atoms with Crippen molar-refractivity contribution in [3.05, 3.63) is 62.9 Å². The zero-order chi connectivity index (χ0) is 27.2. The molecule has 0 bridgehead atoms. The molecule has 0 aromatic heterocycles. The first kappa shape index (κ1) is 28.8. The number of hydrogen-bond acceptors (Lipinski definition) is 2. The maximum atomic E-state index is 13.5. The molecule has 2 aromatic rings. The molecular formula is C22H14Cl4F7NO2. The quantitative estimate of drug-likeness (QED) is 0.197. The van der Waals surface area contributed by atoms with Crippen molar-refractivity contribution in [2.45, 2.75) is 41.9 Å². The van der Waals surface area contributed by atoms with E-state index in [1.807, 2.05) is 0 Å². The van der Waals surface area contributed by atoms with E-state index in [2.05, 4.69) is 5.32 Å². The van der Waals surface area contributed by atoms with Gasteiger partial charge in [0.05, 0.1) is 21.5 Å². The molecule has 1 aliphatic rings. The molecule has 1 aliphatic carbocycles. The molecule has 1 fully saturated rings. The lowest BCUT2D eigenvalue weighted by molar-refractivity contribution is -0.137. The van der Waals surface area contributed by atoms with Crippen LogP contribution in [0.2, 0.25) is 10.0 Å². The lowest BCUT2D eigenvalue weighted by Gasteiger charge is -2.16. The molecule has 3 nitrogen and oxygen atoms in total. The second-order valence-electron chi connectivity index (χ2n) is 8.07. The number of amides is 1. The van der Waals surface area contributed by atoms with Gasteiger partial charge in [-0.3, -0.25) is 9.59 Å². The summed E-state index contributed by atoms with van der Waals surface area (Å²) in [6.07, 6.45) is -12.3. The van der Waals surface area contributed by atoms with Gasteiger partial charge >= 0.3 is 12.4 Å². The van der Waals surface area contributed by atoms with E-state index in [4.69, 9.17) is 46.4 Å². The van der Waals surface area contributed by atoms with Crippen LogP contribution in [0.3, 0.4) is 0 Å². The van der Waals surface area contributed by atoms with E-state index in [0.29, 0.717) is 11.6 Å². The SMILES string of the molecule is O=C(CCCC(F)(F)F)c1cc(NC(=O)C2C(c3ccc(F)c(Cl)c3)C2(Cl)Cl)cc(C(F)(F)F)c1Cl. The highest BCUT2D eigenvalue weighted by Gasteiger charge is 2.67. The summed E-state index contributed by atoms with van der Waals surface area (Å²) in [7, 11) is 0. The highest BCUT2D eigenvalue weighted by atomic mass is 35.5. The smallest absolute Gasteiger partial charge is 0.326 e. The minimum atomic E-state index is -5.05. The zero-order valence-electron chi connectivity index (χ0n) is 17.6. The second-order valence-corrected chi connectivity index (χ2v) is 10.3. The summed E-state index contributed by atoms with van der Waals surface area (Å²) >= 11 is 23.9. The van der Waals surface area contributed by atoms with Gasteiger partial charge in [-0.15, -0.1) is 23.2 Å². The van der Waals surface area contributed by atoms with Crippen molar-refractivity contribution in [3.63, 3.8) is 0 Å². The Balaban J connectivity index is 1.87. The van der Waals surface area contributed by atoms with Crippen molar-refractivity contribution < 1.29 is 40.3 Å². The van der Waals surface area contributed by atoms with Crippen LogP contribution < -0.4 is 5.32 Å². The van der Waals surface area contributed by atoms with E-state index >= 15 is 0 Å². The molecule has 0 spiro atoms. The Morgan fingerprint density at radius 3 is 2.19 bits per heavy atom. The number of ketones is 1. The minimum absolute atomic E-state index is 0.260. The van der Waals surface area contributed by atoms with Crippen LogP contribution in [0.15, 0.2) is 30.3 Å². The Bertz CT molecular complexity index is 1200. The maximum absolute atomic E-state index is 13.5. The first-order valence-electron chi connectivity index (χ1n) is 10.1. The number of hydrogen-bond donors (Lipinski definition) is 1. The molecule has 2 aromatic carbocycles. The Hall–Kier alpha value is -1.75. The summed E-state index contributed by atoms with van der Waals surface area (Å²) in [6.45, 7) is 0. The van der Waals surface area contributed by atoms with E-state index in [9.17, 15) is 40.3 Å². The molecule has 0 aliphatic heterocycles. The van der Waals surface area contributed by atoms with Crippen LogP contribution in [0.4, 0.5) is 36.4 Å². The van der Waals surface area contributed by atoms with Gasteiger partial charge in [0, 0.05) is 30.0 Å². The van der Waals surface area contributed by atoms with Gasteiger partial charge in [-0.25, -0.2) is 4.39 Å². The van der Waals surface area contributed by atoms with Crippen LogP contribution in [-0.2, 0) is 11.0 Å². The number of benzene rings is 2. The standard InChI is InChI=1S/C22H14Cl4F7NO2/c23-13-6-9(3-4-14(13)27)16-17(21(16,25)26)19(36)34-10-7-11(15(35)2-1-5-20(28,29)30)18(24)12(8-10)22(31,32)33/h3-4,6-8,16-17H,1-2,5H2,(H,34,36). The fourth-order valence-electron chi connectivity index (χ4n) is 3.68. The van der Waals surface area contributed by atoms with Crippen LogP contribution in [0.1, 0.15) is 46.7 Å². The summed E-state index contributed by atoms with van der Waals surface area (Å²) in [4.78, 5) is 25.2. The molecule has 3 rings (SSSR count). The van der Waals surface area contributed by atoms with Crippen molar-refractivity contribution in [3.8, 4) is 0 Å². The van der Waals surface area contributed by atoms with Gasteiger partial charge in [-0.05, 0) is 36.2 Å². The minimum Gasteiger partial charge on any atom is -0.326 e. The number of Topliss-reactive ketones (excluding diaryl/α,β-unsaturated/α-hetero) is 1. The van der Waals surface area contributed by atoms with Gasteiger partial charge in [0.15, 0.2) is 5.78 Å². The zero-order valence-corrected chi connectivity index (χ0v) is 20.7. The molecule has 196 valence electrons. The Morgan fingerprint density at radius 2 is 1.64 bits per heavy atom. The van der Waals surface area contributed by atoms with Gasteiger partial charge in [-0.2, -0.15) is 26.3 Å². The van der Waals surface area contributed by atoms with Crippen molar-refractivity contribution in [2.75, 3.05) is 5.32 Å². The molecule has 14 heteroatoms. The lowest BCUT2D eigenvalue weighted by Crippen LogP contribution is -2.19. The number of alkyl halides is 8. The molecule has 2 unspecified atom stereocenters. The van der Waals surface area contributed by atoms with Crippen molar-refractivity contribution in [1.29, 1.82) is 0 Å². The second kappa shape index (κ2) is 10.2. The number of halogens is 11. The molecule has 0 heterocycles. The number of nitrogens with one attached hydrogen (secondary N) is 1. The van der Waals surface area contributed by atoms with Gasteiger partial charge in [0.1, 0.15) is 10.2 Å². The van der Waals surface area contributed by atoms with Crippen molar-refractivity contribution >= 4 is 63.8 Å². The van der Waals surface area contributed by atoms with Crippen LogP contribution in [0, 0.1) is 11.7 Å². The topological polar surface area (TPSA) is 46.2 Å². The highest BCUT2D eigenvalue weighted by Crippen LogP contribution is 2.65. The lowest BCUT2D eigenvalue weighted by atomic mass is 10.0. The normalized spacial score (nSPS) is 19.2. The summed E-state index contributed by atoms with van der Waals surface area (Å²) < 4.78 is 89.5. The molecular weight excluding hydrogens is 585 g/mol. The summed E-state index contributed by atoms with van der Waals surface area (Å²) in [5, 5.41) is 0.927. The van der Waals surface area contributed by atoms with Gasteiger partial charge in [0.2, 0.25) is 5.91 Å². The Labute approximate surface area is 219 Å². The average molecular weight is 599 g/mol. The molecule has 1 N–H and O–H groups in total. The van der Waals surface area contributed by atoms with Gasteiger partial charge in [0.25, 0.3) is 0 Å².